The lowest BCUT2D eigenvalue weighted by atomic mass is 9.99. The summed E-state index contributed by atoms with van der Waals surface area (Å²) in [4.78, 5) is 25.9. The van der Waals surface area contributed by atoms with Crippen molar-refractivity contribution in [3.05, 3.63) is 93.0 Å². The summed E-state index contributed by atoms with van der Waals surface area (Å²) >= 11 is 0. The third-order valence-corrected chi connectivity index (χ3v) is 4.57. The zero-order chi connectivity index (χ0) is 18.8. The Morgan fingerprint density at radius 2 is 1.85 bits per heavy atom. The summed E-state index contributed by atoms with van der Waals surface area (Å²) in [5.41, 5.74) is 14.9. The van der Waals surface area contributed by atoms with Crippen LogP contribution in [0.1, 0.15) is 27.0 Å². The zero-order valence-electron chi connectivity index (χ0n) is 14.8. The molecule has 2 aromatic carbocycles. The molecule has 1 aromatic heterocycles. The van der Waals surface area contributed by atoms with Crippen molar-refractivity contribution in [2.75, 3.05) is 0 Å². The van der Waals surface area contributed by atoms with Gasteiger partial charge in [0.05, 0.1) is 17.6 Å². The molecule has 4 N–H and O–H groups in total. The molecular weight excluding hydrogens is 326 g/mol. The third-order valence-electron chi connectivity index (χ3n) is 4.57. The number of carbonyl (C=O) groups excluding carboxylic acids is 1. The molecule has 132 valence electrons. The number of fused-ring (bicyclic) bond motifs is 1. The second-order valence-corrected chi connectivity index (χ2v) is 6.39. The number of allylic oxidation sites excluding steroid dienone is 1. The van der Waals surface area contributed by atoms with Crippen molar-refractivity contribution >= 4 is 16.7 Å². The molecule has 0 spiro atoms. The highest BCUT2D eigenvalue weighted by molar-refractivity contribution is 6.10. The summed E-state index contributed by atoms with van der Waals surface area (Å²) in [6.07, 6.45) is 2.89. The molecular formula is C21H21N3O2. The van der Waals surface area contributed by atoms with Gasteiger partial charge in [0.1, 0.15) is 0 Å². The second kappa shape index (κ2) is 6.88. The number of hydrogen-bond acceptors (Lipinski definition) is 4. The van der Waals surface area contributed by atoms with Gasteiger partial charge in [0.25, 0.3) is 0 Å². The van der Waals surface area contributed by atoms with Crippen LogP contribution in [-0.4, -0.2) is 10.4 Å². The van der Waals surface area contributed by atoms with E-state index in [1.165, 1.54) is 6.20 Å². The van der Waals surface area contributed by atoms with Crippen LogP contribution in [0.4, 0.5) is 0 Å². The van der Waals surface area contributed by atoms with Crippen LogP contribution >= 0.6 is 0 Å². The van der Waals surface area contributed by atoms with E-state index in [1.54, 1.807) is 29.0 Å². The lowest BCUT2D eigenvalue weighted by Crippen LogP contribution is -2.21. The molecule has 3 aromatic rings. The molecule has 0 unspecified atom stereocenters. The predicted molar refractivity (Wildman–Crippen MR) is 104 cm³/mol. The van der Waals surface area contributed by atoms with Gasteiger partial charge >= 0.3 is 0 Å². The van der Waals surface area contributed by atoms with Gasteiger partial charge in [0.15, 0.2) is 5.78 Å². The van der Waals surface area contributed by atoms with Crippen molar-refractivity contribution in [2.45, 2.75) is 20.4 Å². The van der Waals surface area contributed by atoms with E-state index in [0.717, 1.165) is 11.1 Å². The summed E-state index contributed by atoms with van der Waals surface area (Å²) in [7, 11) is 0. The maximum atomic E-state index is 13.0. The quantitative estimate of drug-likeness (QED) is 0.710. The number of aryl methyl sites for hydroxylation is 2. The Morgan fingerprint density at radius 1 is 1.12 bits per heavy atom. The first-order chi connectivity index (χ1) is 12.4. The highest BCUT2D eigenvalue weighted by Crippen LogP contribution is 2.17. The van der Waals surface area contributed by atoms with Crippen molar-refractivity contribution in [3.8, 4) is 0 Å². The average molecular weight is 347 g/mol. The number of carbonyl (C=O) groups is 1. The topological polar surface area (TPSA) is 91.1 Å². The Hall–Kier alpha value is -3.34. The van der Waals surface area contributed by atoms with Gasteiger partial charge in [-0.05, 0) is 43.2 Å². The minimum atomic E-state index is -0.298. The molecule has 0 saturated carbocycles. The maximum absolute atomic E-state index is 13.0. The zero-order valence-corrected chi connectivity index (χ0v) is 14.8. The fraction of sp³-hybridized carbons (Fsp3) is 0.143. The Bertz CT molecular complexity index is 1090. The molecule has 0 aliphatic carbocycles. The van der Waals surface area contributed by atoms with Gasteiger partial charge in [0.2, 0.25) is 5.43 Å². The van der Waals surface area contributed by atoms with Crippen molar-refractivity contribution in [1.82, 2.24) is 4.57 Å². The Morgan fingerprint density at radius 3 is 2.54 bits per heavy atom. The molecule has 0 aliphatic heterocycles. The number of nitrogens with zero attached hydrogens (tertiary/aromatic N) is 1. The van der Waals surface area contributed by atoms with Crippen molar-refractivity contribution < 1.29 is 4.79 Å². The molecule has 0 radical (unpaired) electrons. The molecule has 26 heavy (non-hydrogen) atoms. The van der Waals surface area contributed by atoms with Crippen LogP contribution in [0.25, 0.3) is 10.9 Å². The monoisotopic (exact) mass is 347 g/mol. The van der Waals surface area contributed by atoms with Gasteiger partial charge in [-0.25, -0.2) is 0 Å². The van der Waals surface area contributed by atoms with Gasteiger partial charge in [-0.15, -0.1) is 0 Å². The van der Waals surface area contributed by atoms with E-state index in [4.69, 9.17) is 11.5 Å². The lowest BCUT2D eigenvalue weighted by Gasteiger charge is -2.13. The molecule has 0 saturated heterocycles. The number of nitrogens with two attached hydrogens (primary N) is 2. The first kappa shape index (κ1) is 17.5. The largest absolute Gasteiger partial charge is 0.403 e. The summed E-state index contributed by atoms with van der Waals surface area (Å²) < 4.78 is 1.78. The Labute approximate surface area is 151 Å². The van der Waals surface area contributed by atoms with Crippen LogP contribution in [0.15, 0.2) is 65.4 Å². The highest BCUT2D eigenvalue weighted by atomic mass is 16.1. The van der Waals surface area contributed by atoms with E-state index in [-0.39, 0.29) is 16.8 Å². The molecule has 5 nitrogen and oxygen atoms in total. The molecule has 5 heteroatoms. The van der Waals surface area contributed by atoms with Crippen LogP contribution < -0.4 is 16.9 Å². The number of rotatable bonds is 4. The van der Waals surface area contributed by atoms with E-state index in [9.17, 15) is 9.59 Å². The number of aromatic nitrogens is 1. The predicted octanol–water partition coefficient (Wildman–Crippen LogP) is 2.61. The maximum Gasteiger partial charge on any atom is 0.200 e. The minimum absolute atomic E-state index is 0.122. The van der Waals surface area contributed by atoms with Crippen molar-refractivity contribution in [2.24, 2.45) is 11.5 Å². The van der Waals surface area contributed by atoms with Gasteiger partial charge < -0.3 is 16.0 Å². The molecule has 0 fully saturated rings. The van der Waals surface area contributed by atoms with Gasteiger partial charge in [-0.1, -0.05) is 24.3 Å². The van der Waals surface area contributed by atoms with Crippen LogP contribution in [-0.2, 0) is 6.54 Å². The molecule has 0 bridgehead atoms. The average Bonchev–Trinajstić information content (AvgIpc) is 2.65. The molecule has 1 heterocycles. The first-order valence-corrected chi connectivity index (χ1v) is 8.32. The number of hydrogen-bond donors (Lipinski definition) is 2. The molecule has 3 rings (SSSR count). The van der Waals surface area contributed by atoms with Gasteiger partial charge in [-0.3, -0.25) is 9.59 Å². The first-order valence-electron chi connectivity index (χ1n) is 8.32. The van der Waals surface area contributed by atoms with E-state index in [1.807, 2.05) is 38.1 Å². The Balaban J connectivity index is 2.22. The fourth-order valence-corrected chi connectivity index (χ4v) is 2.93. The standard InChI is InChI=1S/C21H21N3O2/c1-13-7-8-15(9-14(13)2)20(25)18-12-24(11-16(23)10-22)19-6-4-3-5-17(19)21(18)26/h3-10,12H,11,22-23H2,1-2H3/b16-10-. The number of ketones is 1. The van der Waals surface area contributed by atoms with E-state index in [0.29, 0.717) is 28.7 Å². The third kappa shape index (κ3) is 3.11. The van der Waals surface area contributed by atoms with Crippen LogP contribution in [0, 0.1) is 13.8 Å². The molecule has 0 amide bonds. The SMILES string of the molecule is Cc1ccc(C(=O)c2cn(C/C(N)=C/N)c3ccccc3c2=O)cc1C. The summed E-state index contributed by atoms with van der Waals surface area (Å²) in [5, 5.41) is 0.479. The molecule has 0 aliphatic rings. The highest BCUT2D eigenvalue weighted by Gasteiger charge is 2.17. The number of para-hydroxylation sites is 1. The number of benzene rings is 2. The van der Waals surface area contributed by atoms with Crippen molar-refractivity contribution in [1.29, 1.82) is 0 Å². The Kier molecular flexibility index (Phi) is 4.63. The molecule has 0 atom stereocenters. The van der Waals surface area contributed by atoms with Crippen molar-refractivity contribution in [3.63, 3.8) is 0 Å². The summed E-state index contributed by atoms with van der Waals surface area (Å²) in [6.45, 7) is 4.22. The smallest absolute Gasteiger partial charge is 0.200 e. The van der Waals surface area contributed by atoms with E-state index < -0.39 is 0 Å². The van der Waals surface area contributed by atoms with E-state index >= 15 is 0 Å². The van der Waals surface area contributed by atoms with Crippen LogP contribution in [0.2, 0.25) is 0 Å². The second-order valence-electron chi connectivity index (χ2n) is 6.39. The fourth-order valence-electron chi connectivity index (χ4n) is 2.93. The van der Waals surface area contributed by atoms with Crippen LogP contribution in [0.3, 0.4) is 0 Å². The van der Waals surface area contributed by atoms with E-state index in [2.05, 4.69) is 0 Å². The van der Waals surface area contributed by atoms with Gasteiger partial charge in [-0.2, -0.15) is 0 Å². The van der Waals surface area contributed by atoms with Gasteiger partial charge in [0, 0.05) is 29.0 Å². The minimum Gasteiger partial charge on any atom is -0.403 e. The lowest BCUT2D eigenvalue weighted by molar-refractivity contribution is 0.103. The number of pyridine rings is 1. The normalized spacial score (nSPS) is 11.7. The summed E-state index contributed by atoms with van der Waals surface area (Å²) in [5.74, 6) is -0.298. The summed E-state index contributed by atoms with van der Waals surface area (Å²) in [6, 6.07) is 12.6. The van der Waals surface area contributed by atoms with Crippen LogP contribution in [0.5, 0.6) is 0 Å².